The molecule has 0 aliphatic carbocycles. The van der Waals surface area contributed by atoms with Crippen molar-refractivity contribution in [2.24, 2.45) is 12.8 Å². The Labute approximate surface area is 82.9 Å². The Morgan fingerprint density at radius 1 is 1.57 bits per heavy atom. The van der Waals surface area contributed by atoms with Gasteiger partial charge in [0.15, 0.2) is 0 Å². The number of rotatable bonds is 2. The zero-order valence-electron chi connectivity index (χ0n) is 8.14. The highest BCUT2D eigenvalue weighted by molar-refractivity contribution is 5.86. The van der Waals surface area contributed by atoms with E-state index in [1.165, 1.54) is 10.9 Å². The first kappa shape index (κ1) is 8.97. The molecule has 0 aromatic carbocycles. The zero-order chi connectivity index (χ0) is 9.97. The fourth-order valence-corrected chi connectivity index (χ4v) is 1.57. The van der Waals surface area contributed by atoms with Gasteiger partial charge in [0.05, 0.1) is 0 Å². The van der Waals surface area contributed by atoms with Crippen molar-refractivity contribution in [3.05, 3.63) is 36.2 Å². The van der Waals surface area contributed by atoms with Gasteiger partial charge in [-0.05, 0) is 12.1 Å². The highest BCUT2D eigenvalue weighted by Crippen LogP contribution is 2.18. The van der Waals surface area contributed by atoms with Gasteiger partial charge in [0, 0.05) is 36.9 Å². The second-order valence-electron chi connectivity index (χ2n) is 3.21. The van der Waals surface area contributed by atoms with Crippen LogP contribution in [0, 0.1) is 0 Å². The molecule has 0 saturated heterocycles. The molecule has 2 rings (SSSR count). The molecular formula is C11H13N3. The van der Waals surface area contributed by atoms with Crippen LogP contribution in [-0.2, 0) is 7.05 Å². The summed E-state index contributed by atoms with van der Waals surface area (Å²) in [7, 11) is 2.00. The minimum Gasteiger partial charge on any atom is -0.335 e. The van der Waals surface area contributed by atoms with Crippen molar-refractivity contribution in [2.75, 3.05) is 6.54 Å². The summed E-state index contributed by atoms with van der Waals surface area (Å²) in [5.41, 5.74) is 7.59. The molecule has 0 fully saturated rings. The fraction of sp³-hybridized carbons (Fsp3) is 0.182. The molecule has 0 atom stereocenters. The molecule has 2 N–H and O–H groups in total. The van der Waals surface area contributed by atoms with Crippen LogP contribution in [0.5, 0.6) is 0 Å². The third kappa shape index (κ3) is 1.42. The van der Waals surface area contributed by atoms with Crippen molar-refractivity contribution in [3.63, 3.8) is 0 Å². The van der Waals surface area contributed by atoms with E-state index in [0.29, 0.717) is 6.54 Å². The molecule has 0 aliphatic rings. The monoisotopic (exact) mass is 187 g/mol. The van der Waals surface area contributed by atoms with Gasteiger partial charge in [-0.2, -0.15) is 0 Å². The Bertz CT molecular complexity index is 468. The molecular weight excluding hydrogens is 174 g/mol. The molecule has 14 heavy (non-hydrogen) atoms. The van der Waals surface area contributed by atoms with Gasteiger partial charge in [-0.1, -0.05) is 12.2 Å². The van der Waals surface area contributed by atoms with E-state index in [-0.39, 0.29) is 0 Å². The van der Waals surface area contributed by atoms with Gasteiger partial charge >= 0.3 is 0 Å². The van der Waals surface area contributed by atoms with E-state index in [1.807, 2.05) is 29.8 Å². The Balaban J connectivity index is 2.61. The predicted molar refractivity (Wildman–Crippen MR) is 58.8 cm³/mol. The van der Waals surface area contributed by atoms with Crippen LogP contribution < -0.4 is 5.73 Å². The van der Waals surface area contributed by atoms with Crippen LogP contribution in [0.25, 0.3) is 17.1 Å². The minimum absolute atomic E-state index is 0.566. The lowest BCUT2D eigenvalue weighted by Gasteiger charge is -1.91. The number of hydrogen-bond donors (Lipinski definition) is 1. The molecule has 2 aromatic rings. The van der Waals surface area contributed by atoms with Crippen LogP contribution in [0.3, 0.4) is 0 Å². The Hall–Kier alpha value is -1.61. The van der Waals surface area contributed by atoms with Crippen molar-refractivity contribution in [2.45, 2.75) is 0 Å². The largest absolute Gasteiger partial charge is 0.335 e. The molecule has 72 valence electrons. The second kappa shape index (κ2) is 3.64. The first-order valence-electron chi connectivity index (χ1n) is 4.59. The van der Waals surface area contributed by atoms with Crippen molar-refractivity contribution >= 4 is 17.1 Å². The van der Waals surface area contributed by atoms with Gasteiger partial charge in [-0.3, -0.25) is 0 Å². The molecule has 0 bridgehead atoms. The number of pyridine rings is 1. The quantitative estimate of drug-likeness (QED) is 0.775. The van der Waals surface area contributed by atoms with Crippen LogP contribution in [-0.4, -0.2) is 16.1 Å². The van der Waals surface area contributed by atoms with Crippen LogP contribution in [0.2, 0.25) is 0 Å². The van der Waals surface area contributed by atoms with Crippen molar-refractivity contribution < 1.29 is 0 Å². The number of aromatic nitrogens is 2. The molecule has 0 amide bonds. The topological polar surface area (TPSA) is 43.8 Å². The SMILES string of the molecule is Cn1cc(/C=C/CN)c2cccnc21. The number of nitrogens with two attached hydrogens (primary N) is 1. The minimum atomic E-state index is 0.566. The predicted octanol–water partition coefficient (Wildman–Crippen LogP) is 1.55. The van der Waals surface area contributed by atoms with E-state index < -0.39 is 0 Å². The van der Waals surface area contributed by atoms with E-state index in [9.17, 15) is 0 Å². The molecule has 0 unspecified atom stereocenters. The Kier molecular flexibility index (Phi) is 2.33. The summed E-state index contributed by atoms with van der Waals surface area (Å²) >= 11 is 0. The molecule has 2 aromatic heterocycles. The highest BCUT2D eigenvalue weighted by Gasteiger charge is 2.02. The second-order valence-corrected chi connectivity index (χ2v) is 3.21. The third-order valence-corrected chi connectivity index (χ3v) is 2.20. The van der Waals surface area contributed by atoms with E-state index in [0.717, 1.165) is 5.65 Å². The number of aryl methyl sites for hydroxylation is 1. The fourth-order valence-electron chi connectivity index (χ4n) is 1.57. The molecule has 0 spiro atoms. The summed E-state index contributed by atoms with van der Waals surface area (Å²) in [5, 5.41) is 1.17. The van der Waals surface area contributed by atoms with Crippen molar-refractivity contribution in [1.29, 1.82) is 0 Å². The molecule has 2 heterocycles. The van der Waals surface area contributed by atoms with Crippen LogP contribution in [0.4, 0.5) is 0 Å². The van der Waals surface area contributed by atoms with Gasteiger partial charge in [0.25, 0.3) is 0 Å². The lowest BCUT2D eigenvalue weighted by molar-refractivity contribution is 0.947. The van der Waals surface area contributed by atoms with E-state index in [4.69, 9.17) is 5.73 Å². The van der Waals surface area contributed by atoms with Crippen molar-refractivity contribution in [1.82, 2.24) is 9.55 Å². The molecule has 3 heteroatoms. The van der Waals surface area contributed by atoms with E-state index >= 15 is 0 Å². The van der Waals surface area contributed by atoms with Gasteiger partial charge in [-0.25, -0.2) is 4.98 Å². The van der Waals surface area contributed by atoms with Gasteiger partial charge in [0.2, 0.25) is 0 Å². The van der Waals surface area contributed by atoms with Crippen LogP contribution in [0.1, 0.15) is 5.56 Å². The average Bonchev–Trinajstić information content (AvgIpc) is 2.54. The first-order valence-corrected chi connectivity index (χ1v) is 4.59. The van der Waals surface area contributed by atoms with E-state index in [1.54, 1.807) is 6.20 Å². The summed E-state index contributed by atoms with van der Waals surface area (Å²) < 4.78 is 2.02. The molecule has 0 radical (unpaired) electrons. The molecule has 0 aliphatic heterocycles. The third-order valence-electron chi connectivity index (χ3n) is 2.20. The molecule has 0 saturated carbocycles. The highest BCUT2D eigenvalue weighted by atomic mass is 15.0. The summed E-state index contributed by atoms with van der Waals surface area (Å²) in [6.45, 7) is 0.566. The summed E-state index contributed by atoms with van der Waals surface area (Å²) in [5.74, 6) is 0. The normalized spacial score (nSPS) is 11.6. The molecule has 3 nitrogen and oxygen atoms in total. The maximum Gasteiger partial charge on any atom is 0.140 e. The summed E-state index contributed by atoms with van der Waals surface area (Å²) in [4.78, 5) is 4.31. The van der Waals surface area contributed by atoms with Gasteiger partial charge in [-0.15, -0.1) is 0 Å². The summed E-state index contributed by atoms with van der Waals surface area (Å²) in [6.07, 6.45) is 7.84. The van der Waals surface area contributed by atoms with Gasteiger partial charge in [0.1, 0.15) is 5.65 Å². The standard InChI is InChI=1S/C11H13N3/c1-14-8-9(4-2-6-12)10-5-3-7-13-11(10)14/h2-5,7-8H,6,12H2,1H3/b4-2+. The maximum absolute atomic E-state index is 5.42. The first-order chi connectivity index (χ1) is 6.83. The average molecular weight is 187 g/mol. The lowest BCUT2D eigenvalue weighted by Crippen LogP contribution is -1.91. The Morgan fingerprint density at radius 3 is 3.21 bits per heavy atom. The number of nitrogens with zero attached hydrogens (tertiary/aromatic N) is 2. The van der Waals surface area contributed by atoms with Crippen molar-refractivity contribution in [3.8, 4) is 0 Å². The van der Waals surface area contributed by atoms with Crippen LogP contribution >= 0.6 is 0 Å². The lowest BCUT2D eigenvalue weighted by atomic mass is 10.2. The number of fused-ring (bicyclic) bond motifs is 1. The maximum atomic E-state index is 5.42. The smallest absolute Gasteiger partial charge is 0.140 e. The summed E-state index contributed by atoms with van der Waals surface area (Å²) in [6, 6.07) is 4.01. The Morgan fingerprint density at radius 2 is 2.43 bits per heavy atom. The van der Waals surface area contributed by atoms with Gasteiger partial charge < -0.3 is 10.3 Å². The zero-order valence-corrected chi connectivity index (χ0v) is 8.14. The number of hydrogen-bond acceptors (Lipinski definition) is 2. The van der Waals surface area contributed by atoms with E-state index in [2.05, 4.69) is 17.2 Å². The van der Waals surface area contributed by atoms with Crippen LogP contribution in [0.15, 0.2) is 30.6 Å².